The Balaban J connectivity index is 1.66. The van der Waals surface area contributed by atoms with E-state index in [2.05, 4.69) is 47.3 Å². The Labute approximate surface area is 165 Å². The molecule has 1 aromatic carbocycles. The number of pyridine rings is 1. The van der Waals surface area contributed by atoms with E-state index in [9.17, 15) is 4.79 Å². The van der Waals surface area contributed by atoms with Crippen LogP contribution in [-0.4, -0.2) is 33.9 Å². The smallest absolute Gasteiger partial charge is 0.227 e. The maximum atomic E-state index is 12.5. The molecule has 2 aliphatic heterocycles. The molecule has 28 heavy (non-hydrogen) atoms. The summed E-state index contributed by atoms with van der Waals surface area (Å²) < 4.78 is 0. The minimum Gasteiger partial charge on any atom is -0.346 e. The van der Waals surface area contributed by atoms with Crippen molar-refractivity contribution in [3.63, 3.8) is 0 Å². The van der Waals surface area contributed by atoms with Crippen LogP contribution in [0.3, 0.4) is 0 Å². The van der Waals surface area contributed by atoms with E-state index in [0.29, 0.717) is 12.5 Å². The van der Waals surface area contributed by atoms with Crippen LogP contribution in [0.15, 0.2) is 30.6 Å². The zero-order valence-corrected chi connectivity index (χ0v) is 16.5. The van der Waals surface area contributed by atoms with Crippen molar-refractivity contribution < 1.29 is 4.79 Å². The molecule has 0 saturated carbocycles. The third-order valence-electron chi connectivity index (χ3n) is 6.31. The normalized spacial score (nSPS) is 19.4. The van der Waals surface area contributed by atoms with Gasteiger partial charge in [-0.2, -0.15) is 0 Å². The second kappa shape index (κ2) is 6.74. The van der Waals surface area contributed by atoms with Crippen LogP contribution < -0.4 is 5.32 Å². The lowest BCUT2D eigenvalue weighted by molar-refractivity contribution is -0.131. The molecule has 1 amide bonds. The van der Waals surface area contributed by atoms with Crippen LogP contribution in [0.4, 0.5) is 0 Å². The van der Waals surface area contributed by atoms with Crippen LogP contribution in [0.5, 0.6) is 0 Å². The number of aromatic nitrogens is 2. The Morgan fingerprint density at radius 2 is 2.14 bits per heavy atom. The Kier molecular flexibility index (Phi) is 4.20. The summed E-state index contributed by atoms with van der Waals surface area (Å²) in [6.07, 6.45) is 6.80. The van der Waals surface area contributed by atoms with Gasteiger partial charge < -0.3 is 15.2 Å². The SMILES string of the molecule is CCN1Cc2c(cc(-c3cnc4[nH]cc(C)c4c3)cc2C2CCCN2)CC1=O. The van der Waals surface area contributed by atoms with Crippen molar-refractivity contribution in [2.24, 2.45) is 0 Å². The lowest BCUT2D eigenvalue weighted by Gasteiger charge is -2.31. The van der Waals surface area contributed by atoms with Gasteiger partial charge in [-0.15, -0.1) is 0 Å². The zero-order valence-electron chi connectivity index (χ0n) is 16.5. The van der Waals surface area contributed by atoms with Gasteiger partial charge in [-0.05, 0) is 73.2 Å². The third-order valence-corrected chi connectivity index (χ3v) is 6.31. The molecule has 5 heteroatoms. The highest BCUT2D eigenvalue weighted by molar-refractivity contribution is 5.86. The van der Waals surface area contributed by atoms with Crippen molar-refractivity contribution in [2.75, 3.05) is 13.1 Å². The summed E-state index contributed by atoms with van der Waals surface area (Å²) in [5, 5.41) is 4.81. The molecule has 0 radical (unpaired) electrons. The first-order valence-electron chi connectivity index (χ1n) is 10.2. The van der Waals surface area contributed by atoms with Gasteiger partial charge in [0.05, 0.1) is 6.42 Å². The number of benzene rings is 1. The van der Waals surface area contributed by atoms with Gasteiger partial charge in [0.25, 0.3) is 0 Å². The van der Waals surface area contributed by atoms with E-state index in [-0.39, 0.29) is 5.91 Å². The van der Waals surface area contributed by atoms with Crippen LogP contribution in [0.1, 0.15) is 48.1 Å². The van der Waals surface area contributed by atoms with Crippen LogP contribution in [0, 0.1) is 6.92 Å². The van der Waals surface area contributed by atoms with Gasteiger partial charge in [0.2, 0.25) is 5.91 Å². The van der Waals surface area contributed by atoms with Crippen molar-refractivity contribution in [3.05, 3.63) is 52.8 Å². The number of fused-ring (bicyclic) bond motifs is 2. The fraction of sp³-hybridized carbons (Fsp3) is 0.391. The monoisotopic (exact) mass is 374 g/mol. The fourth-order valence-electron chi connectivity index (χ4n) is 4.67. The summed E-state index contributed by atoms with van der Waals surface area (Å²) in [5.41, 5.74) is 8.29. The number of aryl methyl sites for hydroxylation is 1. The number of H-pyrrole nitrogens is 1. The van der Waals surface area contributed by atoms with E-state index in [1.807, 2.05) is 17.3 Å². The lowest BCUT2D eigenvalue weighted by Crippen LogP contribution is -2.37. The minimum absolute atomic E-state index is 0.229. The highest BCUT2D eigenvalue weighted by Gasteiger charge is 2.28. The van der Waals surface area contributed by atoms with E-state index in [1.54, 1.807) is 0 Å². The summed E-state index contributed by atoms with van der Waals surface area (Å²) in [6, 6.07) is 7.14. The Hall–Kier alpha value is -2.66. The third kappa shape index (κ3) is 2.81. The fourth-order valence-corrected chi connectivity index (χ4v) is 4.67. The zero-order chi connectivity index (χ0) is 19.3. The molecule has 0 bridgehead atoms. The molecule has 1 atom stereocenters. The molecule has 144 valence electrons. The molecule has 3 aromatic rings. The predicted octanol–water partition coefficient (Wildman–Crippen LogP) is 3.87. The number of hydrogen-bond donors (Lipinski definition) is 2. The number of aromatic amines is 1. The van der Waals surface area contributed by atoms with Crippen molar-refractivity contribution in [3.8, 4) is 11.1 Å². The Morgan fingerprint density at radius 1 is 1.25 bits per heavy atom. The number of likely N-dealkylation sites (N-methyl/N-ethyl adjacent to an activating group) is 1. The first kappa shape index (κ1) is 17.4. The molecular formula is C23H26N4O. The highest BCUT2D eigenvalue weighted by Crippen LogP contribution is 2.36. The molecule has 5 rings (SSSR count). The quantitative estimate of drug-likeness (QED) is 0.732. The molecule has 1 unspecified atom stereocenters. The summed E-state index contributed by atoms with van der Waals surface area (Å²) in [6.45, 7) is 6.72. The second-order valence-corrected chi connectivity index (χ2v) is 8.03. The lowest BCUT2D eigenvalue weighted by atomic mass is 9.87. The van der Waals surface area contributed by atoms with Crippen molar-refractivity contribution >= 4 is 16.9 Å². The average molecular weight is 374 g/mol. The predicted molar refractivity (Wildman–Crippen MR) is 111 cm³/mol. The number of carbonyl (C=O) groups excluding carboxylic acids is 1. The van der Waals surface area contributed by atoms with E-state index < -0.39 is 0 Å². The maximum absolute atomic E-state index is 12.5. The largest absolute Gasteiger partial charge is 0.346 e. The molecule has 2 aliphatic rings. The first-order chi connectivity index (χ1) is 13.6. The number of nitrogens with one attached hydrogen (secondary N) is 2. The number of amides is 1. The van der Waals surface area contributed by atoms with E-state index >= 15 is 0 Å². The minimum atomic E-state index is 0.229. The molecule has 1 fully saturated rings. The number of hydrogen-bond acceptors (Lipinski definition) is 3. The molecule has 0 spiro atoms. The van der Waals surface area contributed by atoms with Gasteiger partial charge in [-0.25, -0.2) is 4.98 Å². The van der Waals surface area contributed by atoms with Crippen LogP contribution >= 0.6 is 0 Å². The van der Waals surface area contributed by atoms with E-state index in [0.717, 1.165) is 48.2 Å². The molecule has 4 heterocycles. The van der Waals surface area contributed by atoms with Crippen LogP contribution in [0.2, 0.25) is 0 Å². The average Bonchev–Trinajstić information content (AvgIpc) is 3.37. The number of rotatable bonds is 3. The molecule has 2 aromatic heterocycles. The summed E-state index contributed by atoms with van der Waals surface area (Å²) in [4.78, 5) is 22.3. The molecule has 2 N–H and O–H groups in total. The van der Waals surface area contributed by atoms with Gasteiger partial charge in [0.1, 0.15) is 5.65 Å². The van der Waals surface area contributed by atoms with Gasteiger partial charge in [0.15, 0.2) is 0 Å². The van der Waals surface area contributed by atoms with Gasteiger partial charge >= 0.3 is 0 Å². The Morgan fingerprint density at radius 3 is 2.93 bits per heavy atom. The number of carbonyl (C=O) groups is 1. The standard InChI is InChI=1S/C23H26N4O/c1-3-27-13-20-16(10-22(27)28)7-15(8-19(20)21-5-4-6-24-21)17-9-18-14(2)11-25-23(18)26-12-17/h7-9,11-12,21,24H,3-6,10,13H2,1-2H3,(H,25,26). The molecular weight excluding hydrogens is 348 g/mol. The van der Waals surface area contributed by atoms with Crippen molar-refractivity contribution in [1.29, 1.82) is 0 Å². The Bertz CT molecular complexity index is 1060. The van der Waals surface area contributed by atoms with Crippen LogP contribution in [0.25, 0.3) is 22.2 Å². The van der Waals surface area contributed by atoms with Crippen LogP contribution in [-0.2, 0) is 17.8 Å². The highest BCUT2D eigenvalue weighted by atomic mass is 16.2. The van der Waals surface area contributed by atoms with Gasteiger partial charge in [-0.3, -0.25) is 4.79 Å². The number of nitrogens with zero attached hydrogens (tertiary/aromatic N) is 2. The van der Waals surface area contributed by atoms with E-state index in [4.69, 9.17) is 0 Å². The maximum Gasteiger partial charge on any atom is 0.227 e. The van der Waals surface area contributed by atoms with E-state index in [1.165, 1.54) is 28.7 Å². The molecule has 1 saturated heterocycles. The first-order valence-corrected chi connectivity index (χ1v) is 10.2. The van der Waals surface area contributed by atoms with Gasteiger partial charge in [-0.1, -0.05) is 6.07 Å². The topological polar surface area (TPSA) is 61.0 Å². The van der Waals surface area contributed by atoms with Crippen molar-refractivity contribution in [1.82, 2.24) is 20.2 Å². The summed E-state index contributed by atoms with van der Waals surface area (Å²) in [5.74, 6) is 0.229. The molecule has 5 nitrogen and oxygen atoms in total. The summed E-state index contributed by atoms with van der Waals surface area (Å²) >= 11 is 0. The molecule has 0 aliphatic carbocycles. The second-order valence-electron chi connectivity index (χ2n) is 8.03. The van der Waals surface area contributed by atoms with Crippen molar-refractivity contribution in [2.45, 2.75) is 45.7 Å². The summed E-state index contributed by atoms with van der Waals surface area (Å²) in [7, 11) is 0. The van der Waals surface area contributed by atoms with Gasteiger partial charge in [0, 0.05) is 42.5 Å².